The normalized spacial score (nSPS) is 51.0. The van der Waals surface area contributed by atoms with Crippen LogP contribution in [0.15, 0.2) is 35.6 Å². The van der Waals surface area contributed by atoms with E-state index in [0.29, 0.717) is 31.6 Å². The SMILES string of the molecule is CC(=O)OC1CC23COC(=O)C4OC45CCO/C(=C/C/C=C\C(=O)OC4C[C@@H](OC2C=C1C)[C@@]1(CO1)[C@]43C)C5O. The quantitative estimate of drug-likeness (QED) is 0.216. The van der Waals surface area contributed by atoms with Crippen LogP contribution in [0.1, 0.15) is 46.5 Å². The van der Waals surface area contributed by atoms with Crippen LogP contribution >= 0.6 is 0 Å². The van der Waals surface area contributed by atoms with Crippen LogP contribution in [0, 0.1) is 10.8 Å². The number of ether oxygens (including phenoxy) is 7. The molecular formula is C29H34O11. The van der Waals surface area contributed by atoms with Crippen molar-refractivity contribution < 1.29 is 52.6 Å². The first-order valence-corrected chi connectivity index (χ1v) is 13.9. The van der Waals surface area contributed by atoms with Crippen molar-refractivity contribution in [2.75, 3.05) is 19.8 Å². The van der Waals surface area contributed by atoms with Crippen LogP contribution in [-0.2, 0) is 47.5 Å². The highest BCUT2D eigenvalue weighted by molar-refractivity contribution is 5.82. The maximum Gasteiger partial charge on any atom is 0.338 e. The topological polar surface area (TPSA) is 143 Å². The summed E-state index contributed by atoms with van der Waals surface area (Å²) in [6.45, 7) is 5.83. The second-order valence-corrected chi connectivity index (χ2v) is 12.3. The average molecular weight is 559 g/mol. The second-order valence-electron chi connectivity index (χ2n) is 12.3. The number of aliphatic hydroxyl groups is 1. The monoisotopic (exact) mass is 558 g/mol. The maximum absolute atomic E-state index is 13.5. The molecule has 216 valence electrons. The zero-order valence-corrected chi connectivity index (χ0v) is 22.8. The van der Waals surface area contributed by atoms with Gasteiger partial charge in [0, 0.05) is 32.3 Å². The molecule has 0 aromatic rings. The molecule has 3 spiro atoms. The Hall–Kier alpha value is -2.73. The van der Waals surface area contributed by atoms with Crippen LogP contribution in [0.5, 0.6) is 0 Å². The van der Waals surface area contributed by atoms with Gasteiger partial charge < -0.3 is 38.3 Å². The number of hydrogen-bond donors (Lipinski definition) is 1. The molecule has 4 bridgehead atoms. The van der Waals surface area contributed by atoms with Crippen molar-refractivity contribution in [2.45, 2.75) is 94.3 Å². The van der Waals surface area contributed by atoms with Crippen molar-refractivity contribution in [3.05, 3.63) is 35.6 Å². The molecule has 5 heterocycles. The van der Waals surface area contributed by atoms with E-state index in [1.165, 1.54) is 13.0 Å². The molecule has 11 nitrogen and oxygen atoms in total. The lowest BCUT2D eigenvalue weighted by molar-refractivity contribution is -0.240. The van der Waals surface area contributed by atoms with Crippen molar-refractivity contribution in [3.8, 4) is 0 Å². The molecule has 0 amide bonds. The summed E-state index contributed by atoms with van der Waals surface area (Å²) in [4.78, 5) is 38.6. The largest absolute Gasteiger partial charge is 0.495 e. The van der Waals surface area contributed by atoms with Gasteiger partial charge >= 0.3 is 17.9 Å². The van der Waals surface area contributed by atoms with E-state index in [4.69, 9.17) is 33.2 Å². The van der Waals surface area contributed by atoms with Gasteiger partial charge in [-0.2, -0.15) is 0 Å². The number of aliphatic hydroxyl groups excluding tert-OH is 1. The molecule has 4 saturated heterocycles. The third-order valence-corrected chi connectivity index (χ3v) is 10.5. The van der Waals surface area contributed by atoms with Gasteiger partial charge in [-0.15, -0.1) is 0 Å². The van der Waals surface area contributed by atoms with E-state index >= 15 is 0 Å². The van der Waals surface area contributed by atoms with Crippen LogP contribution in [0.25, 0.3) is 0 Å². The molecule has 7 aliphatic rings. The van der Waals surface area contributed by atoms with Crippen LogP contribution < -0.4 is 0 Å². The van der Waals surface area contributed by atoms with E-state index in [9.17, 15) is 19.5 Å². The molecule has 11 heteroatoms. The number of allylic oxidation sites excluding steroid dienone is 2. The Labute approximate surface area is 231 Å². The van der Waals surface area contributed by atoms with Gasteiger partial charge in [0.05, 0.1) is 36.3 Å². The summed E-state index contributed by atoms with van der Waals surface area (Å²) in [6, 6.07) is 0. The van der Waals surface area contributed by atoms with E-state index in [2.05, 4.69) is 0 Å². The number of fused-ring (bicyclic) bond motifs is 1. The highest BCUT2D eigenvalue weighted by Crippen LogP contribution is 2.72. The summed E-state index contributed by atoms with van der Waals surface area (Å²) >= 11 is 0. The Morgan fingerprint density at radius 3 is 2.73 bits per heavy atom. The van der Waals surface area contributed by atoms with Crippen molar-refractivity contribution >= 4 is 17.9 Å². The molecule has 40 heavy (non-hydrogen) atoms. The van der Waals surface area contributed by atoms with Gasteiger partial charge in [0.15, 0.2) is 6.10 Å². The zero-order chi connectivity index (χ0) is 28.1. The smallest absolute Gasteiger partial charge is 0.338 e. The van der Waals surface area contributed by atoms with Gasteiger partial charge in [-0.05, 0) is 25.0 Å². The van der Waals surface area contributed by atoms with Crippen LogP contribution in [0.3, 0.4) is 0 Å². The molecule has 1 N–H and O–H groups in total. The summed E-state index contributed by atoms with van der Waals surface area (Å²) in [7, 11) is 0. The number of esters is 3. The standard InChI is InChI=1S/C29H34O11/c1-15-10-20-27(12-18(15)37-16(2)30)13-35-25(33)24-28(40-24)8-9-34-17(23(28)32)6-4-5-7-22(31)39-19-11-21(38-20)29(14-36-29)26(19,27)3/h5-7,10,18-21,23-24,32H,4,8-9,11-14H2,1-3H3/b7-5-,17-6+/t18?,19?,20?,21-,23?,24?,26-,27?,28?,29+/m1/s1. The molecule has 7 unspecified atom stereocenters. The minimum Gasteiger partial charge on any atom is -0.495 e. The lowest BCUT2D eigenvalue weighted by Gasteiger charge is -2.59. The molecule has 10 atom stereocenters. The van der Waals surface area contributed by atoms with Crippen molar-refractivity contribution in [1.82, 2.24) is 0 Å². The minimum atomic E-state index is -1.15. The van der Waals surface area contributed by atoms with Crippen LogP contribution in [0.4, 0.5) is 0 Å². The minimum absolute atomic E-state index is 0.110. The van der Waals surface area contributed by atoms with Gasteiger partial charge in [-0.3, -0.25) is 4.79 Å². The van der Waals surface area contributed by atoms with Gasteiger partial charge in [-0.1, -0.05) is 19.1 Å². The van der Waals surface area contributed by atoms with Gasteiger partial charge in [-0.25, -0.2) is 9.59 Å². The summed E-state index contributed by atoms with van der Waals surface area (Å²) in [5.41, 5.74) is -2.81. The van der Waals surface area contributed by atoms with E-state index in [-0.39, 0.29) is 25.7 Å². The average Bonchev–Trinajstić information content (AvgIpc) is 3.81. The molecule has 1 saturated carbocycles. The van der Waals surface area contributed by atoms with Crippen LogP contribution in [-0.4, -0.2) is 90.7 Å². The summed E-state index contributed by atoms with van der Waals surface area (Å²) in [5.74, 6) is -1.25. The van der Waals surface area contributed by atoms with Crippen molar-refractivity contribution in [2.24, 2.45) is 10.8 Å². The van der Waals surface area contributed by atoms with Crippen LogP contribution in [0.2, 0.25) is 0 Å². The highest BCUT2D eigenvalue weighted by Gasteiger charge is 2.83. The second kappa shape index (κ2) is 8.64. The number of rotatable bonds is 1. The predicted molar refractivity (Wildman–Crippen MR) is 133 cm³/mol. The Morgan fingerprint density at radius 2 is 1.98 bits per heavy atom. The first-order chi connectivity index (χ1) is 19.1. The number of hydrogen-bond acceptors (Lipinski definition) is 11. The predicted octanol–water partition coefficient (Wildman–Crippen LogP) is 1.42. The van der Waals surface area contributed by atoms with E-state index in [0.717, 1.165) is 5.57 Å². The van der Waals surface area contributed by atoms with E-state index < -0.39 is 70.5 Å². The molecular weight excluding hydrogens is 524 g/mol. The molecule has 7 rings (SSSR count). The third-order valence-electron chi connectivity index (χ3n) is 10.5. The van der Waals surface area contributed by atoms with E-state index in [1.54, 1.807) is 12.2 Å². The Bertz CT molecular complexity index is 1250. The lowest BCUT2D eigenvalue weighted by Crippen LogP contribution is -2.68. The number of cyclic esters (lactones) is 1. The Morgan fingerprint density at radius 1 is 1.18 bits per heavy atom. The molecule has 5 aliphatic heterocycles. The van der Waals surface area contributed by atoms with E-state index in [1.807, 2.05) is 19.9 Å². The first-order valence-electron chi connectivity index (χ1n) is 13.9. The number of carbonyl (C=O) groups is 3. The summed E-state index contributed by atoms with van der Waals surface area (Å²) in [5, 5.41) is 11.0. The highest BCUT2D eigenvalue weighted by atomic mass is 16.7. The van der Waals surface area contributed by atoms with Gasteiger partial charge in [0.25, 0.3) is 0 Å². The fraction of sp³-hybridized carbons (Fsp3) is 0.690. The maximum atomic E-state index is 13.5. The fourth-order valence-electron chi connectivity index (χ4n) is 8.05. The van der Waals surface area contributed by atoms with Gasteiger partial charge in [0.1, 0.15) is 41.9 Å². The lowest BCUT2D eigenvalue weighted by atomic mass is 9.51. The summed E-state index contributed by atoms with van der Waals surface area (Å²) < 4.78 is 42.1. The zero-order valence-electron chi connectivity index (χ0n) is 22.8. The molecule has 0 radical (unpaired) electrons. The molecule has 0 aromatic carbocycles. The third kappa shape index (κ3) is 3.41. The summed E-state index contributed by atoms with van der Waals surface area (Å²) in [6.07, 6.45) is 3.84. The van der Waals surface area contributed by atoms with Gasteiger partial charge in [0.2, 0.25) is 0 Å². The first kappa shape index (κ1) is 26.2. The molecule has 5 fully saturated rings. The molecule has 2 aliphatic carbocycles. The Balaban J connectivity index is 1.31. The van der Waals surface area contributed by atoms with Crippen molar-refractivity contribution in [1.29, 1.82) is 0 Å². The number of carbonyl (C=O) groups excluding carboxylic acids is 3. The van der Waals surface area contributed by atoms with Crippen molar-refractivity contribution in [3.63, 3.8) is 0 Å². The number of epoxide rings is 2. The Kier molecular flexibility index (Phi) is 5.66. The fourth-order valence-corrected chi connectivity index (χ4v) is 8.05. The molecule has 0 aromatic heterocycles.